The van der Waals surface area contributed by atoms with E-state index in [0.717, 1.165) is 29.6 Å². The fourth-order valence-electron chi connectivity index (χ4n) is 2.69. The Hall–Kier alpha value is -0.610. The second-order valence-corrected chi connectivity index (χ2v) is 7.32. The maximum Gasteiger partial charge on any atom is 0.227 e. The van der Waals surface area contributed by atoms with E-state index in [2.05, 4.69) is 17.0 Å². The highest BCUT2D eigenvalue weighted by Crippen LogP contribution is 2.34. The van der Waals surface area contributed by atoms with Gasteiger partial charge in [-0.2, -0.15) is 11.8 Å². The Morgan fingerprint density at radius 2 is 1.94 bits per heavy atom. The SMILES string of the molecule is O=C1C2CSCSCC(C2)N1Cc1ccccc1. The average molecular weight is 279 g/mol. The van der Waals surface area contributed by atoms with Gasteiger partial charge in [0, 0.05) is 35.1 Å². The van der Waals surface area contributed by atoms with Crippen LogP contribution in [0.1, 0.15) is 12.0 Å². The third kappa shape index (κ3) is 2.54. The summed E-state index contributed by atoms with van der Waals surface area (Å²) in [6.07, 6.45) is 1.06. The van der Waals surface area contributed by atoms with E-state index in [0.29, 0.717) is 11.9 Å². The molecule has 18 heavy (non-hydrogen) atoms. The van der Waals surface area contributed by atoms with Crippen molar-refractivity contribution in [3.63, 3.8) is 0 Å². The van der Waals surface area contributed by atoms with Crippen molar-refractivity contribution in [3.8, 4) is 0 Å². The van der Waals surface area contributed by atoms with Gasteiger partial charge < -0.3 is 4.90 Å². The number of hydrogen-bond donors (Lipinski definition) is 0. The van der Waals surface area contributed by atoms with E-state index in [9.17, 15) is 4.79 Å². The van der Waals surface area contributed by atoms with Crippen LogP contribution >= 0.6 is 23.5 Å². The smallest absolute Gasteiger partial charge is 0.227 e. The highest BCUT2D eigenvalue weighted by atomic mass is 32.2. The predicted molar refractivity (Wildman–Crippen MR) is 78.7 cm³/mol. The Morgan fingerprint density at radius 3 is 2.78 bits per heavy atom. The Bertz CT molecular complexity index is 423. The number of carbonyl (C=O) groups is 1. The zero-order chi connectivity index (χ0) is 12.4. The summed E-state index contributed by atoms with van der Waals surface area (Å²) < 4.78 is 0. The lowest BCUT2D eigenvalue weighted by Crippen LogP contribution is -2.34. The summed E-state index contributed by atoms with van der Waals surface area (Å²) in [5.41, 5.74) is 1.24. The number of carbonyl (C=O) groups excluding carboxylic acids is 1. The summed E-state index contributed by atoms with van der Waals surface area (Å²) in [6, 6.07) is 10.8. The lowest BCUT2D eigenvalue weighted by molar-refractivity contribution is -0.131. The van der Waals surface area contributed by atoms with Gasteiger partial charge in [-0.15, -0.1) is 11.8 Å². The molecular formula is C14H17NOS2. The van der Waals surface area contributed by atoms with E-state index in [1.807, 2.05) is 41.7 Å². The summed E-state index contributed by atoms with van der Waals surface area (Å²) in [7, 11) is 0. The number of fused-ring (bicyclic) bond motifs is 2. The third-order valence-electron chi connectivity index (χ3n) is 3.62. The predicted octanol–water partition coefficient (Wildman–Crippen LogP) is 2.84. The standard InChI is InChI=1S/C14H17NOS2/c16-14-12-6-13(9-18-10-17-8-12)15(14)7-11-4-2-1-3-5-11/h1-5,12-13H,6-10H2. The van der Waals surface area contributed by atoms with Crippen LogP contribution < -0.4 is 0 Å². The van der Waals surface area contributed by atoms with Crippen LogP contribution in [0.3, 0.4) is 0 Å². The first-order chi connectivity index (χ1) is 8.84. The second kappa shape index (κ2) is 5.57. The van der Waals surface area contributed by atoms with Gasteiger partial charge in [-0.25, -0.2) is 0 Å². The minimum atomic E-state index is 0.268. The van der Waals surface area contributed by atoms with Crippen molar-refractivity contribution < 1.29 is 4.79 Å². The Morgan fingerprint density at radius 1 is 1.17 bits per heavy atom. The molecule has 2 saturated heterocycles. The zero-order valence-corrected chi connectivity index (χ0v) is 11.9. The molecule has 0 aromatic heterocycles. The quantitative estimate of drug-likeness (QED) is 0.830. The Labute approximate surface area is 117 Å². The normalized spacial score (nSPS) is 28.0. The molecule has 0 N–H and O–H groups in total. The third-order valence-corrected chi connectivity index (χ3v) is 6.21. The molecule has 2 nitrogen and oxygen atoms in total. The van der Waals surface area contributed by atoms with Crippen molar-refractivity contribution in [2.75, 3.05) is 16.6 Å². The monoisotopic (exact) mass is 279 g/mol. The zero-order valence-electron chi connectivity index (χ0n) is 10.2. The van der Waals surface area contributed by atoms with Crippen molar-refractivity contribution in [2.24, 2.45) is 5.92 Å². The first-order valence-corrected chi connectivity index (χ1v) is 8.65. The van der Waals surface area contributed by atoms with Gasteiger partial charge in [0.05, 0.1) is 0 Å². The number of hydrogen-bond acceptors (Lipinski definition) is 3. The van der Waals surface area contributed by atoms with Crippen molar-refractivity contribution in [1.29, 1.82) is 0 Å². The van der Waals surface area contributed by atoms with E-state index < -0.39 is 0 Å². The van der Waals surface area contributed by atoms with Gasteiger partial charge >= 0.3 is 0 Å². The van der Waals surface area contributed by atoms with Crippen LogP contribution in [0.25, 0.3) is 0 Å². The van der Waals surface area contributed by atoms with Crippen molar-refractivity contribution in [3.05, 3.63) is 35.9 Å². The molecule has 2 aliphatic rings. The largest absolute Gasteiger partial charge is 0.334 e. The lowest BCUT2D eigenvalue weighted by Gasteiger charge is -2.24. The fraction of sp³-hybridized carbons (Fsp3) is 0.500. The van der Waals surface area contributed by atoms with Crippen LogP contribution in [-0.4, -0.2) is 33.4 Å². The molecule has 2 heterocycles. The van der Waals surface area contributed by atoms with Crippen molar-refractivity contribution in [1.82, 2.24) is 4.90 Å². The molecule has 4 heteroatoms. The van der Waals surface area contributed by atoms with E-state index in [1.54, 1.807) is 0 Å². The Kier molecular flexibility index (Phi) is 3.85. The van der Waals surface area contributed by atoms with Crippen LogP contribution in [0.2, 0.25) is 0 Å². The second-order valence-electron chi connectivity index (χ2n) is 4.90. The molecule has 1 aromatic rings. The van der Waals surface area contributed by atoms with Crippen LogP contribution in [0, 0.1) is 5.92 Å². The van der Waals surface area contributed by atoms with Gasteiger partial charge in [0.15, 0.2) is 0 Å². The summed E-state index contributed by atoms with van der Waals surface area (Å²) in [5, 5.41) is 1.14. The minimum Gasteiger partial charge on any atom is -0.334 e. The van der Waals surface area contributed by atoms with Gasteiger partial charge in [0.1, 0.15) is 0 Å². The molecule has 0 radical (unpaired) electrons. The van der Waals surface area contributed by atoms with Crippen molar-refractivity contribution >= 4 is 29.4 Å². The maximum absolute atomic E-state index is 12.4. The maximum atomic E-state index is 12.4. The van der Waals surface area contributed by atoms with Crippen molar-refractivity contribution in [2.45, 2.75) is 19.0 Å². The highest BCUT2D eigenvalue weighted by Gasteiger charge is 2.39. The van der Waals surface area contributed by atoms with Crippen LogP contribution in [0.5, 0.6) is 0 Å². The molecular weight excluding hydrogens is 262 g/mol. The number of thioether (sulfide) groups is 2. The molecule has 3 rings (SSSR count). The van der Waals surface area contributed by atoms with Gasteiger partial charge in [-0.05, 0) is 12.0 Å². The van der Waals surface area contributed by atoms with Gasteiger partial charge in [0.25, 0.3) is 0 Å². The van der Waals surface area contributed by atoms with E-state index in [1.165, 1.54) is 5.56 Å². The van der Waals surface area contributed by atoms with E-state index in [-0.39, 0.29) is 5.92 Å². The first-order valence-electron chi connectivity index (χ1n) is 6.34. The molecule has 0 spiro atoms. The van der Waals surface area contributed by atoms with Gasteiger partial charge in [-0.3, -0.25) is 4.79 Å². The summed E-state index contributed by atoms with van der Waals surface area (Å²) >= 11 is 3.89. The number of amides is 1. The molecule has 96 valence electrons. The number of likely N-dealkylation sites (tertiary alicyclic amines) is 1. The van der Waals surface area contributed by atoms with Gasteiger partial charge in [-0.1, -0.05) is 30.3 Å². The van der Waals surface area contributed by atoms with Gasteiger partial charge in [0.2, 0.25) is 5.91 Å². The molecule has 2 bridgehead atoms. The number of benzene rings is 1. The first kappa shape index (κ1) is 12.4. The van der Waals surface area contributed by atoms with E-state index >= 15 is 0 Å². The molecule has 1 aromatic carbocycles. The topological polar surface area (TPSA) is 20.3 Å². The summed E-state index contributed by atoms with van der Waals surface area (Å²) in [5.74, 6) is 2.75. The molecule has 2 atom stereocenters. The molecule has 2 unspecified atom stereocenters. The van der Waals surface area contributed by atoms with E-state index in [4.69, 9.17) is 0 Å². The highest BCUT2D eigenvalue weighted by molar-refractivity contribution is 8.16. The molecule has 2 fully saturated rings. The molecule has 2 aliphatic heterocycles. The summed E-state index contributed by atoms with van der Waals surface area (Å²) in [6.45, 7) is 0.784. The lowest BCUT2D eigenvalue weighted by atomic mass is 10.1. The molecule has 0 saturated carbocycles. The number of rotatable bonds is 2. The minimum absolute atomic E-state index is 0.268. The van der Waals surface area contributed by atoms with Crippen LogP contribution in [0.15, 0.2) is 30.3 Å². The molecule has 0 aliphatic carbocycles. The summed E-state index contributed by atoms with van der Waals surface area (Å²) in [4.78, 5) is 14.5. The Balaban J connectivity index is 1.76. The fourth-order valence-corrected chi connectivity index (χ4v) is 5.08. The van der Waals surface area contributed by atoms with Crippen LogP contribution in [0.4, 0.5) is 0 Å². The molecule has 1 amide bonds. The average Bonchev–Trinajstić information content (AvgIpc) is 2.67. The van der Waals surface area contributed by atoms with Crippen LogP contribution in [-0.2, 0) is 11.3 Å². The number of nitrogens with zero attached hydrogens (tertiary/aromatic N) is 1.